The normalized spacial score (nSPS) is 25.7. The van der Waals surface area contributed by atoms with Crippen LogP contribution in [0.5, 0.6) is 0 Å². The third-order valence-electron chi connectivity index (χ3n) is 3.37. The zero-order valence-corrected chi connectivity index (χ0v) is 10.1. The number of allylic oxidation sites excluding steroid dienone is 2. The van der Waals surface area contributed by atoms with Gasteiger partial charge in [0.05, 0.1) is 5.92 Å². The van der Waals surface area contributed by atoms with Crippen molar-refractivity contribution in [1.82, 2.24) is 0 Å². The summed E-state index contributed by atoms with van der Waals surface area (Å²) in [7, 11) is 0. The topological polar surface area (TPSA) is 106 Å². The molecule has 0 spiro atoms. The Balaban J connectivity index is 2.73. The molecule has 19 heavy (non-hydrogen) atoms. The predicted octanol–water partition coefficient (Wildman–Crippen LogP) is 0.523. The van der Waals surface area contributed by atoms with Crippen LogP contribution in [0.3, 0.4) is 0 Å². The molecule has 98 valence electrons. The number of primary amides is 1. The van der Waals surface area contributed by atoms with Crippen LogP contribution in [-0.2, 0) is 15.0 Å². The molecule has 1 amide bonds. The molecular formula is C14H14N2O3. The molecule has 5 nitrogen and oxygen atoms in total. The number of carbonyl (C=O) groups excluding carboxylic acids is 1. The summed E-state index contributed by atoms with van der Waals surface area (Å²) in [5.41, 5.74) is 10.1. The lowest BCUT2D eigenvalue weighted by Gasteiger charge is -2.36. The lowest BCUT2D eigenvalue weighted by Crippen LogP contribution is -2.52. The Morgan fingerprint density at radius 2 is 1.84 bits per heavy atom. The van der Waals surface area contributed by atoms with E-state index in [1.165, 1.54) is 12.2 Å². The van der Waals surface area contributed by atoms with Gasteiger partial charge in [0.15, 0.2) is 0 Å². The highest BCUT2D eigenvalue weighted by Crippen LogP contribution is 2.40. The average Bonchev–Trinajstić information content (AvgIpc) is 2.39. The smallest absolute Gasteiger partial charge is 0.321 e. The van der Waals surface area contributed by atoms with Gasteiger partial charge in [0.1, 0.15) is 5.41 Å². The summed E-state index contributed by atoms with van der Waals surface area (Å²) >= 11 is 0. The van der Waals surface area contributed by atoms with Gasteiger partial charge in [-0.05, 0) is 11.6 Å². The molecule has 0 fully saturated rings. The van der Waals surface area contributed by atoms with Crippen LogP contribution in [0.25, 0.3) is 0 Å². The number of amides is 1. The summed E-state index contributed by atoms with van der Waals surface area (Å²) in [5.74, 6) is -2.93. The van der Waals surface area contributed by atoms with Gasteiger partial charge in [0.25, 0.3) is 0 Å². The van der Waals surface area contributed by atoms with Gasteiger partial charge in [-0.1, -0.05) is 42.5 Å². The van der Waals surface area contributed by atoms with Gasteiger partial charge in [-0.2, -0.15) is 0 Å². The van der Waals surface area contributed by atoms with Crippen molar-refractivity contribution in [2.24, 2.45) is 17.4 Å². The highest BCUT2D eigenvalue weighted by Gasteiger charge is 2.52. The first-order valence-corrected chi connectivity index (χ1v) is 5.74. The van der Waals surface area contributed by atoms with E-state index in [1.807, 2.05) is 0 Å². The first-order valence-electron chi connectivity index (χ1n) is 5.74. The number of benzene rings is 1. The summed E-state index contributed by atoms with van der Waals surface area (Å²) < 4.78 is 0. The zero-order valence-electron chi connectivity index (χ0n) is 10.1. The summed E-state index contributed by atoms with van der Waals surface area (Å²) in [6.07, 6.45) is 4.51. The number of nitrogens with two attached hydrogens (primary N) is 2. The molecule has 2 rings (SSSR count). The molecule has 1 aromatic carbocycles. The van der Waals surface area contributed by atoms with Gasteiger partial charge >= 0.3 is 5.97 Å². The van der Waals surface area contributed by atoms with Crippen LogP contribution in [0.4, 0.5) is 0 Å². The summed E-state index contributed by atoms with van der Waals surface area (Å²) in [6.45, 7) is 0. The van der Waals surface area contributed by atoms with Crippen molar-refractivity contribution in [3.05, 3.63) is 59.8 Å². The number of rotatable bonds is 3. The molecule has 2 unspecified atom stereocenters. The van der Waals surface area contributed by atoms with Crippen LogP contribution in [0.1, 0.15) is 5.56 Å². The summed E-state index contributed by atoms with van der Waals surface area (Å²) in [5, 5.41) is 9.67. The number of carboxylic acids is 1. The number of hydrogen-bond acceptors (Lipinski definition) is 3. The van der Waals surface area contributed by atoms with Crippen molar-refractivity contribution in [1.29, 1.82) is 0 Å². The quantitative estimate of drug-likeness (QED) is 0.734. The van der Waals surface area contributed by atoms with Gasteiger partial charge in [-0.25, -0.2) is 0 Å². The summed E-state index contributed by atoms with van der Waals surface area (Å²) in [4.78, 5) is 23.5. The standard InChI is InChI=1S/C14H14N2O3/c15-11-8-4-7-10(12(16)17)14(11,13(18)19)9-5-2-1-3-6-9/h1-8,10H,15H2,(H2,16,17)(H,18,19). The van der Waals surface area contributed by atoms with E-state index >= 15 is 0 Å². The molecule has 5 N–H and O–H groups in total. The van der Waals surface area contributed by atoms with E-state index in [4.69, 9.17) is 11.5 Å². The van der Waals surface area contributed by atoms with Gasteiger partial charge in [0, 0.05) is 5.70 Å². The Kier molecular flexibility index (Phi) is 3.12. The Morgan fingerprint density at radius 1 is 1.21 bits per heavy atom. The van der Waals surface area contributed by atoms with Gasteiger partial charge in [0.2, 0.25) is 5.91 Å². The first kappa shape index (κ1) is 12.9. The fourth-order valence-corrected chi connectivity index (χ4v) is 2.46. The second kappa shape index (κ2) is 4.61. The van der Waals surface area contributed by atoms with Crippen LogP contribution in [-0.4, -0.2) is 17.0 Å². The van der Waals surface area contributed by atoms with Gasteiger partial charge < -0.3 is 16.6 Å². The van der Waals surface area contributed by atoms with E-state index in [0.29, 0.717) is 5.56 Å². The maximum absolute atomic E-state index is 11.8. The van der Waals surface area contributed by atoms with Crippen LogP contribution < -0.4 is 11.5 Å². The molecule has 0 saturated carbocycles. The second-order valence-electron chi connectivity index (χ2n) is 4.37. The van der Waals surface area contributed by atoms with Crippen LogP contribution in [0, 0.1) is 5.92 Å². The van der Waals surface area contributed by atoms with Crippen molar-refractivity contribution in [3.8, 4) is 0 Å². The molecule has 5 heteroatoms. The molecule has 2 atom stereocenters. The maximum atomic E-state index is 11.8. The third-order valence-corrected chi connectivity index (χ3v) is 3.37. The second-order valence-corrected chi connectivity index (χ2v) is 4.37. The van der Waals surface area contributed by atoms with E-state index in [-0.39, 0.29) is 5.70 Å². The monoisotopic (exact) mass is 258 g/mol. The Hall–Kier alpha value is -2.56. The number of aliphatic carboxylic acids is 1. The SMILES string of the molecule is NC(=O)C1C=CC=C(N)C1(C(=O)O)c1ccccc1. The lowest BCUT2D eigenvalue weighted by molar-refractivity contribution is -0.146. The Labute approximate surface area is 110 Å². The zero-order chi connectivity index (χ0) is 14.0. The highest BCUT2D eigenvalue weighted by atomic mass is 16.4. The maximum Gasteiger partial charge on any atom is 0.321 e. The van der Waals surface area contributed by atoms with E-state index in [2.05, 4.69) is 0 Å². The number of carboxylic acid groups (broad SMARTS) is 1. The van der Waals surface area contributed by atoms with Crippen molar-refractivity contribution >= 4 is 11.9 Å². The third kappa shape index (κ3) is 1.79. The van der Waals surface area contributed by atoms with Crippen LogP contribution >= 0.6 is 0 Å². The molecule has 1 aliphatic carbocycles. The molecule has 0 radical (unpaired) electrons. The van der Waals surface area contributed by atoms with Gasteiger partial charge in [-0.3, -0.25) is 9.59 Å². The minimum atomic E-state index is -1.64. The lowest BCUT2D eigenvalue weighted by atomic mass is 9.65. The fourth-order valence-electron chi connectivity index (χ4n) is 2.46. The summed E-state index contributed by atoms with van der Waals surface area (Å²) in [6, 6.07) is 8.41. The minimum absolute atomic E-state index is 0.0949. The molecular weight excluding hydrogens is 244 g/mol. The molecule has 0 heterocycles. The fraction of sp³-hybridized carbons (Fsp3) is 0.143. The van der Waals surface area contributed by atoms with E-state index in [1.54, 1.807) is 36.4 Å². The largest absolute Gasteiger partial charge is 0.480 e. The molecule has 0 saturated heterocycles. The first-order chi connectivity index (χ1) is 9.01. The van der Waals surface area contributed by atoms with Crippen LogP contribution in [0.15, 0.2) is 54.3 Å². The number of hydrogen-bond donors (Lipinski definition) is 3. The van der Waals surface area contributed by atoms with E-state index in [9.17, 15) is 14.7 Å². The molecule has 0 aromatic heterocycles. The van der Waals surface area contributed by atoms with Crippen molar-refractivity contribution < 1.29 is 14.7 Å². The highest BCUT2D eigenvalue weighted by molar-refractivity contribution is 5.95. The van der Waals surface area contributed by atoms with Crippen molar-refractivity contribution in [2.75, 3.05) is 0 Å². The Bertz CT molecular complexity index is 578. The van der Waals surface area contributed by atoms with Gasteiger partial charge in [-0.15, -0.1) is 0 Å². The molecule has 0 aliphatic heterocycles. The minimum Gasteiger partial charge on any atom is -0.480 e. The molecule has 1 aromatic rings. The molecule has 1 aliphatic rings. The number of carbonyl (C=O) groups is 2. The van der Waals surface area contributed by atoms with Crippen LogP contribution in [0.2, 0.25) is 0 Å². The van der Waals surface area contributed by atoms with E-state index < -0.39 is 23.2 Å². The van der Waals surface area contributed by atoms with Crippen molar-refractivity contribution in [3.63, 3.8) is 0 Å². The Morgan fingerprint density at radius 3 is 2.37 bits per heavy atom. The predicted molar refractivity (Wildman–Crippen MR) is 69.9 cm³/mol. The molecule has 0 bridgehead atoms. The average molecular weight is 258 g/mol. The van der Waals surface area contributed by atoms with Crippen molar-refractivity contribution in [2.45, 2.75) is 5.41 Å². The van der Waals surface area contributed by atoms with E-state index in [0.717, 1.165) is 0 Å².